The Labute approximate surface area is 217 Å². The molecule has 0 radical (unpaired) electrons. The summed E-state index contributed by atoms with van der Waals surface area (Å²) in [5.74, 6) is -0.329. The van der Waals surface area contributed by atoms with Crippen molar-refractivity contribution in [2.24, 2.45) is 7.05 Å². The first-order chi connectivity index (χ1) is 17.6. The molecule has 0 fully saturated rings. The second-order valence-electron chi connectivity index (χ2n) is 8.69. The molecule has 4 aromatic rings. The van der Waals surface area contributed by atoms with Crippen molar-refractivity contribution in [2.75, 3.05) is 0 Å². The van der Waals surface area contributed by atoms with E-state index >= 15 is 0 Å². The molecule has 2 heterocycles. The van der Waals surface area contributed by atoms with Crippen LogP contribution in [0.25, 0.3) is 22.3 Å². The summed E-state index contributed by atoms with van der Waals surface area (Å²) < 4.78 is 35.5. The molecule has 4 rings (SSSR count). The zero-order valence-corrected chi connectivity index (χ0v) is 21.4. The number of nitrogens with one attached hydrogen (secondary N) is 1. The summed E-state index contributed by atoms with van der Waals surface area (Å²) in [4.78, 5) is 21.0. The molecule has 0 saturated heterocycles. The van der Waals surface area contributed by atoms with Gasteiger partial charge in [0.2, 0.25) is 0 Å². The van der Waals surface area contributed by atoms with E-state index in [0.717, 1.165) is 29.6 Å². The molecule has 1 unspecified atom stereocenters. The number of rotatable bonds is 7. The molecular weight excluding hydrogens is 500 g/mol. The van der Waals surface area contributed by atoms with Crippen LogP contribution in [0.4, 0.5) is 8.78 Å². The molecule has 1 N–H and O–H groups in total. The number of para-hydroxylation sites is 1. The van der Waals surface area contributed by atoms with Crippen LogP contribution in [0.3, 0.4) is 0 Å². The van der Waals surface area contributed by atoms with E-state index < -0.39 is 23.9 Å². The number of amides is 1. The highest BCUT2D eigenvalue weighted by Crippen LogP contribution is 2.34. The molecular formula is C27H24ClF2N5O2. The average Bonchev–Trinajstić information content (AvgIpc) is 3.22. The SMILES string of the molecule is Cc1cc(-c2ncc(C#N)n2C)c2cccc(OCc3c(Cl)cc(F)cc3[C@H](C)NC(=O)C(C)F)c2n1. The van der Waals surface area contributed by atoms with Crippen LogP contribution < -0.4 is 10.1 Å². The maximum atomic E-state index is 14.2. The molecule has 1 amide bonds. The van der Waals surface area contributed by atoms with Gasteiger partial charge >= 0.3 is 0 Å². The Balaban J connectivity index is 1.73. The molecule has 37 heavy (non-hydrogen) atoms. The fourth-order valence-electron chi connectivity index (χ4n) is 4.13. The summed E-state index contributed by atoms with van der Waals surface area (Å²) in [5.41, 5.74) is 3.33. The number of alkyl halides is 1. The Hall–Kier alpha value is -4.03. The molecule has 0 spiro atoms. The van der Waals surface area contributed by atoms with Gasteiger partial charge in [0.1, 0.15) is 41.3 Å². The Bertz CT molecular complexity index is 1540. The van der Waals surface area contributed by atoms with Gasteiger partial charge in [-0.2, -0.15) is 5.26 Å². The van der Waals surface area contributed by atoms with Gasteiger partial charge in [-0.3, -0.25) is 4.79 Å². The summed E-state index contributed by atoms with van der Waals surface area (Å²) in [6.07, 6.45) is -0.202. The van der Waals surface area contributed by atoms with E-state index in [0.29, 0.717) is 33.9 Å². The van der Waals surface area contributed by atoms with E-state index in [1.54, 1.807) is 24.6 Å². The lowest BCUT2D eigenvalue weighted by atomic mass is 10.0. The fraction of sp³-hybridized carbons (Fsp3) is 0.259. The standard InChI is InChI=1S/C27H24ClF2N5O2/c1-14-8-21(26-32-12-18(11-31)35(26)4)19-6-5-7-24(25(19)33-14)37-13-22-20(9-17(30)10-23(22)28)16(3)34-27(36)15(2)29/h5-10,12,15-16H,13H2,1-4H3,(H,34,36)/t15?,16-/m0/s1. The van der Waals surface area contributed by atoms with E-state index in [-0.39, 0.29) is 11.6 Å². The zero-order valence-electron chi connectivity index (χ0n) is 20.6. The highest BCUT2D eigenvalue weighted by Gasteiger charge is 2.21. The van der Waals surface area contributed by atoms with E-state index in [2.05, 4.69) is 21.4 Å². The number of aryl methyl sites for hydroxylation is 1. The Morgan fingerprint density at radius 3 is 2.73 bits per heavy atom. The van der Waals surface area contributed by atoms with Gasteiger partial charge in [-0.05, 0) is 50.6 Å². The first-order valence-electron chi connectivity index (χ1n) is 11.5. The third-order valence-corrected chi connectivity index (χ3v) is 6.36. The van der Waals surface area contributed by atoms with Gasteiger partial charge in [-0.1, -0.05) is 23.7 Å². The van der Waals surface area contributed by atoms with Crippen LogP contribution in [-0.2, 0) is 18.4 Å². The molecule has 0 aliphatic carbocycles. The molecule has 7 nitrogen and oxygen atoms in total. The van der Waals surface area contributed by atoms with Crippen molar-refractivity contribution in [3.63, 3.8) is 0 Å². The predicted molar refractivity (Wildman–Crippen MR) is 136 cm³/mol. The van der Waals surface area contributed by atoms with E-state index in [1.165, 1.54) is 12.3 Å². The summed E-state index contributed by atoms with van der Waals surface area (Å²) in [5, 5.41) is 12.7. The first-order valence-corrected chi connectivity index (χ1v) is 11.9. The quantitative estimate of drug-likeness (QED) is 0.334. The van der Waals surface area contributed by atoms with Crippen LogP contribution >= 0.6 is 11.6 Å². The number of pyridine rings is 1. The number of fused-ring (bicyclic) bond motifs is 1. The van der Waals surface area contributed by atoms with Crippen LogP contribution in [0.2, 0.25) is 5.02 Å². The van der Waals surface area contributed by atoms with Crippen molar-refractivity contribution in [3.8, 4) is 23.2 Å². The lowest BCUT2D eigenvalue weighted by Crippen LogP contribution is -2.33. The van der Waals surface area contributed by atoms with Crippen molar-refractivity contribution in [1.29, 1.82) is 5.26 Å². The molecule has 2 aromatic heterocycles. The molecule has 2 atom stereocenters. The van der Waals surface area contributed by atoms with Gasteiger partial charge in [0.05, 0.1) is 17.3 Å². The monoisotopic (exact) mass is 523 g/mol. The minimum absolute atomic E-state index is 0.0507. The summed E-state index contributed by atoms with van der Waals surface area (Å²) in [6, 6.07) is 11.1. The van der Waals surface area contributed by atoms with Gasteiger partial charge in [-0.15, -0.1) is 0 Å². The summed E-state index contributed by atoms with van der Waals surface area (Å²) in [7, 11) is 1.77. The first kappa shape index (κ1) is 26.0. The van der Waals surface area contributed by atoms with Gasteiger partial charge in [0.25, 0.3) is 5.91 Å². The van der Waals surface area contributed by atoms with Crippen LogP contribution in [0.1, 0.15) is 42.4 Å². The highest BCUT2D eigenvalue weighted by atomic mass is 35.5. The molecule has 0 saturated carbocycles. The van der Waals surface area contributed by atoms with Crippen molar-refractivity contribution in [3.05, 3.63) is 75.9 Å². The second-order valence-corrected chi connectivity index (χ2v) is 9.10. The number of carbonyl (C=O) groups is 1. The number of carbonyl (C=O) groups excluding carboxylic acids is 1. The predicted octanol–water partition coefficient (Wildman–Crippen LogP) is 5.72. The number of imidazole rings is 1. The van der Waals surface area contributed by atoms with Crippen molar-refractivity contribution in [2.45, 2.75) is 39.6 Å². The number of hydrogen-bond donors (Lipinski definition) is 1. The minimum atomic E-state index is -1.71. The van der Waals surface area contributed by atoms with Gasteiger partial charge in [0.15, 0.2) is 6.17 Å². The minimum Gasteiger partial charge on any atom is -0.487 e. The average molecular weight is 524 g/mol. The van der Waals surface area contributed by atoms with Crippen molar-refractivity contribution < 1.29 is 18.3 Å². The number of nitrogens with zero attached hydrogens (tertiary/aromatic N) is 4. The molecule has 10 heteroatoms. The van der Waals surface area contributed by atoms with E-state index in [4.69, 9.17) is 16.3 Å². The van der Waals surface area contributed by atoms with Gasteiger partial charge in [0, 0.05) is 29.3 Å². The van der Waals surface area contributed by atoms with E-state index in [1.807, 2.05) is 25.1 Å². The molecule has 0 aliphatic heterocycles. The lowest BCUT2D eigenvalue weighted by molar-refractivity contribution is -0.126. The van der Waals surface area contributed by atoms with Crippen LogP contribution in [0, 0.1) is 24.1 Å². The third kappa shape index (κ3) is 5.25. The normalized spacial score (nSPS) is 12.7. The largest absolute Gasteiger partial charge is 0.487 e. The summed E-state index contributed by atoms with van der Waals surface area (Å²) in [6.45, 7) is 4.54. The van der Waals surface area contributed by atoms with Crippen LogP contribution in [-0.4, -0.2) is 26.6 Å². The van der Waals surface area contributed by atoms with Crippen molar-refractivity contribution >= 4 is 28.4 Å². The Morgan fingerprint density at radius 2 is 2.05 bits per heavy atom. The Kier molecular flexibility index (Phi) is 7.41. The number of halogens is 3. The molecule has 2 aromatic carbocycles. The highest BCUT2D eigenvalue weighted by molar-refractivity contribution is 6.31. The molecule has 0 bridgehead atoms. The number of aromatic nitrogens is 3. The lowest BCUT2D eigenvalue weighted by Gasteiger charge is -2.20. The fourth-order valence-corrected chi connectivity index (χ4v) is 4.40. The summed E-state index contributed by atoms with van der Waals surface area (Å²) >= 11 is 6.37. The van der Waals surface area contributed by atoms with Crippen molar-refractivity contribution in [1.82, 2.24) is 19.9 Å². The van der Waals surface area contributed by atoms with Crippen LogP contribution in [0.5, 0.6) is 5.75 Å². The zero-order chi connectivity index (χ0) is 26.9. The van der Waals surface area contributed by atoms with Gasteiger partial charge in [-0.25, -0.2) is 18.7 Å². The number of hydrogen-bond acceptors (Lipinski definition) is 5. The third-order valence-electron chi connectivity index (χ3n) is 6.03. The topological polar surface area (TPSA) is 92.8 Å². The number of ether oxygens (including phenoxy) is 1. The van der Waals surface area contributed by atoms with E-state index in [9.17, 15) is 18.8 Å². The smallest absolute Gasteiger partial charge is 0.254 e. The molecule has 0 aliphatic rings. The second kappa shape index (κ2) is 10.5. The molecule has 190 valence electrons. The number of benzene rings is 2. The maximum Gasteiger partial charge on any atom is 0.254 e. The Morgan fingerprint density at radius 1 is 1.30 bits per heavy atom. The van der Waals surface area contributed by atoms with Gasteiger partial charge < -0.3 is 14.6 Å². The number of nitriles is 1. The van der Waals surface area contributed by atoms with Crippen LogP contribution in [0.15, 0.2) is 42.6 Å². The maximum absolute atomic E-state index is 14.2.